The van der Waals surface area contributed by atoms with E-state index in [9.17, 15) is 8.42 Å². The predicted octanol–water partition coefficient (Wildman–Crippen LogP) is 0.352. The van der Waals surface area contributed by atoms with Gasteiger partial charge in [0.15, 0.2) is 0 Å². The van der Waals surface area contributed by atoms with Crippen LogP contribution in [0.2, 0.25) is 0 Å². The summed E-state index contributed by atoms with van der Waals surface area (Å²) in [5.74, 6) is 0. The van der Waals surface area contributed by atoms with Crippen LogP contribution in [0, 0.1) is 11.3 Å². The van der Waals surface area contributed by atoms with E-state index in [0.717, 1.165) is 0 Å². The Hall–Kier alpha value is -2.37. The highest BCUT2D eigenvalue weighted by molar-refractivity contribution is 7.89. The lowest BCUT2D eigenvalue weighted by Crippen LogP contribution is -2.25. The molecule has 0 unspecified atom stereocenters. The van der Waals surface area contributed by atoms with Gasteiger partial charge in [-0.25, -0.2) is 13.1 Å². The molecule has 0 amide bonds. The zero-order valence-corrected chi connectivity index (χ0v) is 11.6. The fraction of sp³-hybridized carbons (Fsp3) is 0.167. The van der Waals surface area contributed by atoms with E-state index in [-0.39, 0.29) is 17.0 Å². The van der Waals surface area contributed by atoms with Gasteiger partial charge in [-0.1, -0.05) is 0 Å². The third-order valence-electron chi connectivity index (χ3n) is 2.78. The first-order chi connectivity index (χ1) is 9.44. The average Bonchev–Trinajstić information content (AvgIpc) is 2.81. The van der Waals surface area contributed by atoms with Crippen molar-refractivity contribution in [3.05, 3.63) is 41.7 Å². The molecule has 1 heterocycles. The number of nitrogens with two attached hydrogens (primary N) is 1. The number of aryl methyl sites for hydroxylation is 1. The summed E-state index contributed by atoms with van der Waals surface area (Å²) in [5.41, 5.74) is 6.61. The van der Waals surface area contributed by atoms with Gasteiger partial charge in [-0.05, 0) is 24.3 Å². The Morgan fingerprint density at radius 1 is 1.45 bits per heavy atom. The molecule has 2 rings (SSSR count). The summed E-state index contributed by atoms with van der Waals surface area (Å²) in [6, 6.07) is 7.63. The second-order valence-corrected chi connectivity index (χ2v) is 5.87. The van der Waals surface area contributed by atoms with E-state index in [0.29, 0.717) is 11.4 Å². The Labute approximate surface area is 116 Å². The molecule has 8 heteroatoms. The number of benzene rings is 1. The zero-order valence-electron chi connectivity index (χ0n) is 10.7. The van der Waals surface area contributed by atoms with Crippen molar-refractivity contribution in [3.8, 4) is 6.07 Å². The standard InChI is InChI=1S/C12H13N5O2S/c1-17-11(4-5-15-17)8-16-20(18,19)12-3-2-10(14)6-9(12)7-13/h2-6,16H,8,14H2,1H3. The lowest BCUT2D eigenvalue weighted by atomic mass is 10.2. The lowest BCUT2D eigenvalue weighted by Gasteiger charge is -2.09. The first kappa shape index (κ1) is 14.0. The quantitative estimate of drug-likeness (QED) is 0.789. The number of rotatable bonds is 4. The third kappa shape index (κ3) is 2.79. The van der Waals surface area contributed by atoms with Gasteiger partial charge < -0.3 is 5.73 Å². The molecule has 0 saturated carbocycles. The second-order valence-electron chi connectivity index (χ2n) is 4.14. The van der Waals surface area contributed by atoms with Gasteiger partial charge in [0.25, 0.3) is 0 Å². The maximum Gasteiger partial charge on any atom is 0.242 e. The molecular formula is C12H13N5O2S. The van der Waals surface area contributed by atoms with E-state index < -0.39 is 10.0 Å². The van der Waals surface area contributed by atoms with Crippen LogP contribution in [-0.2, 0) is 23.6 Å². The largest absolute Gasteiger partial charge is 0.399 e. The predicted molar refractivity (Wildman–Crippen MR) is 72.8 cm³/mol. The summed E-state index contributed by atoms with van der Waals surface area (Å²) in [4.78, 5) is -0.0867. The van der Waals surface area contributed by atoms with Gasteiger partial charge in [-0.3, -0.25) is 4.68 Å². The van der Waals surface area contributed by atoms with E-state index >= 15 is 0 Å². The second kappa shape index (κ2) is 5.32. The molecule has 0 atom stereocenters. The van der Waals surface area contributed by atoms with E-state index in [4.69, 9.17) is 11.0 Å². The van der Waals surface area contributed by atoms with Crippen LogP contribution < -0.4 is 10.5 Å². The molecule has 1 aromatic heterocycles. The number of nitrogen functional groups attached to an aromatic ring is 1. The van der Waals surface area contributed by atoms with Crippen LogP contribution in [-0.4, -0.2) is 18.2 Å². The highest BCUT2D eigenvalue weighted by Crippen LogP contribution is 2.18. The molecule has 0 aliphatic rings. The summed E-state index contributed by atoms with van der Waals surface area (Å²) >= 11 is 0. The van der Waals surface area contributed by atoms with Crippen LogP contribution in [0.15, 0.2) is 35.4 Å². The van der Waals surface area contributed by atoms with Crippen LogP contribution in [0.4, 0.5) is 5.69 Å². The number of aromatic nitrogens is 2. The van der Waals surface area contributed by atoms with Crippen LogP contribution in [0.3, 0.4) is 0 Å². The molecule has 0 aliphatic carbocycles. The van der Waals surface area contributed by atoms with Crippen molar-refractivity contribution in [2.24, 2.45) is 7.05 Å². The van der Waals surface area contributed by atoms with Crippen molar-refractivity contribution < 1.29 is 8.42 Å². The molecule has 104 valence electrons. The molecule has 0 fully saturated rings. The minimum Gasteiger partial charge on any atom is -0.399 e. The summed E-state index contributed by atoms with van der Waals surface area (Å²) < 4.78 is 28.4. The molecule has 20 heavy (non-hydrogen) atoms. The van der Waals surface area contributed by atoms with Gasteiger partial charge in [-0.2, -0.15) is 10.4 Å². The van der Waals surface area contributed by atoms with Crippen molar-refractivity contribution in [3.63, 3.8) is 0 Å². The summed E-state index contributed by atoms with van der Waals surface area (Å²) in [6.07, 6.45) is 1.58. The molecule has 2 aromatic rings. The van der Waals surface area contributed by atoms with Crippen molar-refractivity contribution in [1.29, 1.82) is 5.26 Å². The fourth-order valence-electron chi connectivity index (χ4n) is 1.69. The van der Waals surface area contributed by atoms with Crippen LogP contribution >= 0.6 is 0 Å². The molecule has 0 aliphatic heterocycles. The maximum atomic E-state index is 12.2. The van der Waals surface area contributed by atoms with Crippen molar-refractivity contribution >= 4 is 15.7 Å². The van der Waals surface area contributed by atoms with Gasteiger partial charge in [0, 0.05) is 18.9 Å². The number of hydrogen-bond donors (Lipinski definition) is 2. The Bertz CT molecular complexity index is 773. The normalized spacial score (nSPS) is 11.2. The molecule has 1 aromatic carbocycles. The summed E-state index contributed by atoms with van der Waals surface area (Å²) in [7, 11) is -2.07. The Kier molecular flexibility index (Phi) is 3.74. The SMILES string of the molecule is Cn1nccc1CNS(=O)(=O)c1ccc(N)cc1C#N. The number of nitriles is 1. The monoisotopic (exact) mass is 291 g/mol. The van der Waals surface area contributed by atoms with Crippen LogP contribution in [0.25, 0.3) is 0 Å². The van der Waals surface area contributed by atoms with Crippen LogP contribution in [0.1, 0.15) is 11.3 Å². The first-order valence-corrected chi connectivity index (χ1v) is 7.18. The molecular weight excluding hydrogens is 278 g/mol. The minimum atomic E-state index is -3.78. The van der Waals surface area contributed by atoms with Gasteiger partial charge in [0.2, 0.25) is 10.0 Å². The van der Waals surface area contributed by atoms with Crippen LogP contribution in [0.5, 0.6) is 0 Å². The molecule has 3 N–H and O–H groups in total. The number of hydrogen-bond acceptors (Lipinski definition) is 5. The average molecular weight is 291 g/mol. The van der Waals surface area contributed by atoms with E-state index in [1.165, 1.54) is 18.2 Å². The van der Waals surface area contributed by atoms with Gasteiger partial charge in [-0.15, -0.1) is 0 Å². The minimum absolute atomic E-state index is 0.0162. The van der Waals surface area contributed by atoms with Gasteiger partial charge in [0.05, 0.1) is 22.7 Å². The Morgan fingerprint density at radius 2 is 2.20 bits per heavy atom. The topological polar surface area (TPSA) is 114 Å². The van der Waals surface area contributed by atoms with Gasteiger partial charge in [0.1, 0.15) is 6.07 Å². The van der Waals surface area contributed by atoms with E-state index in [2.05, 4.69) is 9.82 Å². The highest BCUT2D eigenvalue weighted by atomic mass is 32.2. The fourth-order valence-corrected chi connectivity index (χ4v) is 2.83. The number of anilines is 1. The molecule has 0 saturated heterocycles. The summed E-state index contributed by atoms with van der Waals surface area (Å²) in [5, 5.41) is 12.9. The lowest BCUT2D eigenvalue weighted by molar-refractivity contribution is 0.577. The van der Waals surface area contributed by atoms with Crippen molar-refractivity contribution in [1.82, 2.24) is 14.5 Å². The van der Waals surface area contributed by atoms with Crippen molar-refractivity contribution in [2.75, 3.05) is 5.73 Å². The number of nitrogens with zero attached hydrogens (tertiary/aromatic N) is 3. The maximum absolute atomic E-state index is 12.2. The summed E-state index contributed by atoms with van der Waals surface area (Å²) in [6.45, 7) is 0.0913. The van der Waals surface area contributed by atoms with Gasteiger partial charge >= 0.3 is 0 Å². The van der Waals surface area contributed by atoms with E-state index in [1.807, 2.05) is 6.07 Å². The smallest absolute Gasteiger partial charge is 0.242 e. The number of sulfonamides is 1. The first-order valence-electron chi connectivity index (χ1n) is 5.70. The Balaban J connectivity index is 2.28. The zero-order chi connectivity index (χ0) is 14.8. The molecule has 0 bridgehead atoms. The number of nitrogens with one attached hydrogen (secondary N) is 1. The van der Waals surface area contributed by atoms with E-state index in [1.54, 1.807) is 24.0 Å². The Morgan fingerprint density at radius 3 is 2.80 bits per heavy atom. The van der Waals surface area contributed by atoms with Crippen molar-refractivity contribution in [2.45, 2.75) is 11.4 Å². The molecule has 7 nitrogen and oxygen atoms in total. The highest BCUT2D eigenvalue weighted by Gasteiger charge is 2.19. The molecule has 0 spiro atoms. The third-order valence-corrected chi connectivity index (χ3v) is 4.24. The molecule has 0 radical (unpaired) electrons.